The minimum Gasteiger partial charge on any atom is -0.399 e. The van der Waals surface area contributed by atoms with E-state index in [4.69, 9.17) is 5.73 Å². The van der Waals surface area contributed by atoms with Crippen LogP contribution in [-0.4, -0.2) is 23.9 Å². The molecule has 2 heterocycles. The summed E-state index contributed by atoms with van der Waals surface area (Å²) in [5.41, 5.74) is 9.64. The maximum Gasteiger partial charge on any atom is 0.123 e. The molecule has 0 bridgehead atoms. The average molecular weight is 152 g/mol. The van der Waals surface area contributed by atoms with E-state index in [0.29, 0.717) is 5.92 Å². The molecule has 2 rings (SSSR count). The van der Waals surface area contributed by atoms with E-state index < -0.39 is 0 Å². The Morgan fingerprint density at radius 1 is 1.82 bits per heavy atom. The molecule has 1 unspecified atom stereocenters. The van der Waals surface area contributed by atoms with E-state index in [0.717, 1.165) is 24.6 Å². The first-order valence-corrected chi connectivity index (χ1v) is 3.80. The lowest BCUT2D eigenvalue weighted by Crippen LogP contribution is -2.39. The molecule has 4 nitrogen and oxygen atoms in total. The number of hydrogen-bond acceptors (Lipinski definition) is 4. The average Bonchev–Trinajstić information content (AvgIpc) is 2.32. The van der Waals surface area contributed by atoms with Crippen molar-refractivity contribution in [3.63, 3.8) is 0 Å². The smallest absolute Gasteiger partial charge is 0.123 e. The highest BCUT2D eigenvalue weighted by Gasteiger charge is 2.27. The maximum absolute atomic E-state index is 5.61. The lowest BCUT2D eigenvalue weighted by Gasteiger charge is -2.22. The van der Waals surface area contributed by atoms with Gasteiger partial charge in [-0.1, -0.05) is 6.92 Å². The van der Waals surface area contributed by atoms with E-state index in [1.54, 1.807) is 6.20 Å². The van der Waals surface area contributed by atoms with Crippen molar-refractivity contribution < 1.29 is 0 Å². The minimum atomic E-state index is 0.513. The third kappa shape index (κ3) is 0.991. The van der Waals surface area contributed by atoms with E-state index in [1.807, 2.05) is 5.01 Å². The van der Waals surface area contributed by atoms with Gasteiger partial charge in [0.2, 0.25) is 0 Å². The number of nitrogens with two attached hydrogens (primary N) is 1. The second-order valence-electron chi connectivity index (χ2n) is 3.04. The van der Waals surface area contributed by atoms with Gasteiger partial charge in [-0.15, -0.1) is 0 Å². The van der Waals surface area contributed by atoms with Crippen molar-refractivity contribution in [2.75, 3.05) is 13.1 Å². The molecule has 0 aromatic heterocycles. The van der Waals surface area contributed by atoms with Crippen LogP contribution in [0.1, 0.15) is 6.92 Å². The maximum atomic E-state index is 5.61. The van der Waals surface area contributed by atoms with Crippen LogP contribution in [0.2, 0.25) is 0 Å². The van der Waals surface area contributed by atoms with Crippen molar-refractivity contribution in [3.05, 3.63) is 11.9 Å². The Hall–Kier alpha value is -1.03. The van der Waals surface area contributed by atoms with E-state index in [-0.39, 0.29) is 0 Å². The number of nitrogens with one attached hydrogen (secondary N) is 1. The molecule has 1 saturated heterocycles. The first kappa shape index (κ1) is 6.67. The summed E-state index contributed by atoms with van der Waals surface area (Å²) in [5.74, 6) is 1.62. The Morgan fingerprint density at radius 3 is 3.45 bits per heavy atom. The van der Waals surface area contributed by atoms with Crippen LogP contribution < -0.4 is 11.2 Å². The lowest BCUT2D eigenvalue weighted by atomic mass is 10.2. The van der Waals surface area contributed by atoms with Gasteiger partial charge in [-0.3, -0.25) is 5.01 Å². The Morgan fingerprint density at radius 2 is 2.64 bits per heavy atom. The molecule has 0 aromatic carbocycles. The first-order chi connectivity index (χ1) is 5.27. The molecule has 0 saturated carbocycles. The number of hydrazine groups is 1. The summed E-state index contributed by atoms with van der Waals surface area (Å²) in [6.45, 7) is 3.89. The van der Waals surface area contributed by atoms with Gasteiger partial charge in [-0.05, 0) is 0 Å². The van der Waals surface area contributed by atoms with Gasteiger partial charge in [0.25, 0.3) is 0 Å². The highest BCUT2D eigenvalue weighted by molar-refractivity contribution is 5.87. The number of rotatable bonds is 0. The van der Waals surface area contributed by atoms with E-state index in [2.05, 4.69) is 17.3 Å². The van der Waals surface area contributed by atoms with Crippen LogP contribution in [0.4, 0.5) is 0 Å². The van der Waals surface area contributed by atoms with E-state index in [1.165, 1.54) is 0 Å². The quantitative estimate of drug-likeness (QED) is 0.499. The van der Waals surface area contributed by atoms with Crippen molar-refractivity contribution in [2.45, 2.75) is 6.92 Å². The summed E-state index contributed by atoms with van der Waals surface area (Å²) < 4.78 is 0. The van der Waals surface area contributed by atoms with E-state index >= 15 is 0 Å². The summed E-state index contributed by atoms with van der Waals surface area (Å²) in [6, 6.07) is 0. The monoisotopic (exact) mass is 152 g/mol. The number of amidine groups is 1. The molecule has 0 radical (unpaired) electrons. The van der Waals surface area contributed by atoms with Crippen LogP contribution in [0.15, 0.2) is 16.9 Å². The zero-order chi connectivity index (χ0) is 7.84. The molecule has 2 aliphatic rings. The third-order valence-electron chi connectivity index (χ3n) is 2.01. The van der Waals surface area contributed by atoms with Crippen LogP contribution in [0.5, 0.6) is 0 Å². The molecular formula is C7H12N4. The fourth-order valence-corrected chi connectivity index (χ4v) is 1.39. The third-order valence-corrected chi connectivity index (χ3v) is 2.01. The fraction of sp³-hybridized carbons (Fsp3) is 0.571. The summed E-state index contributed by atoms with van der Waals surface area (Å²) in [6.07, 6.45) is 1.75. The van der Waals surface area contributed by atoms with Gasteiger partial charge in [0, 0.05) is 24.4 Å². The summed E-state index contributed by atoms with van der Waals surface area (Å²) >= 11 is 0. The molecule has 2 aliphatic heterocycles. The second-order valence-corrected chi connectivity index (χ2v) is 3.04. The van der Waals surface area contributed by atoms with Gasteiger partial charge in [0.05, 0.1) is 6.54 Å². The van der Waals surface area contributed by atoms with Gasteiger partial charge < -0.3 is 5.73 Å². The minimum absolute atomic E-state index is 0.513. The molecule has 1 fully saturated rings. The molecular weight excluding hydrogens is 140 g/mol. The predicted molar refractivity (Wildman–Crippen MR) is 43.6 cm³/mol. The molecule has 0 aromatic rings. The van der Waals surface area contributed by atoms with Crippen LogP contribution in [-0.2, 0) is 0 Å². The van der Waals surface area contributed by atoms with Crippen LogP contribution >= 0.6 is 0 Å². The van der Waals surface area contributed by atoms with Crippen molar-refractivity contribution in [2.24, 2.45) is 16.6 Å². The van der Waals surface area contributed by atoms with Gasteiger partial charge in [-0.25, -0.2) is 10.4 Å². The lowest BCUT2D eigenvalue weighted by molar-refractivity contribution is 0.368. The zero-order valence-corrected chi connectivity index (χ0v) is 6.54. The van der Waals surface area contributed by atoms with Crippen molar-refractivity contribution >= 4 is 5.84 Å². The van der Waals surface area contributed by atoms with Crippen molar-refractivity contribution in [3.8, 4) is 0 Å². The molecule has 0 aliphatic carbocycles. The fourth-order valence-electron chi connectivity index (χ4n) is 1.39. The zero-order valence-electron chi connectivity index (χ0n) is 6.54. The molecule has 1 atom stereocenters. The highest BCUT2D eigenvalue weighted by atomic mass is 15.6. The van der Waals surface area contributed by atoms with Crippen molar-refractivity contribution in [1.29, 1.82) is 0 Å². The molecule has 11 heavy (non-hydrogen) atoms. The molecule has 3 N–H and O–H groups in total. The number of aliphatic imine (C=N–C) groups is 1. The number of nitrogens with zero attached hydrogens (tertiary/aromatic N) is 2. The Balaban J connectivity index is 2.25. The largest absolute Gasteiger partial charge is 0.399 e. The van der Waals surface area contributed by atoms with Gasteiger partial charge >= 0.3 is 0 Å². The van der Waals surface area contributed by atoms with Crippen LogP contribution in [0, 0.1) is 5.92 Å². The number of fused-ring (bicyclic) bond motifs is 1. The van der Waals surface area contributed by atoms with E-state index in [9.17, 15) is 0 Å². The van der Waals surface area contributed by atoms with Gasteiger partial charge in [0.1, 0.15) is 5.84 Å². The summed E-state index contributed by atoms with van der Waals surface area (Å²) in [4.78, 5) is 4.25. The Labute approximate surface area is 65.7 Å². The summed E-state index contributed by atoms with van der Waals surface area (Å²) in [7, 11) is 0. The standard InChI is InChI=1S/C7H12N4/c1-5-2-10-11-4-6(8)3-9-7(5)11/h3,5,10H,2,4,8H2,1H3. The number of hydrogen-bond donors (Lipinski definition) is 2. The van der Waals surface area contributed by atoms with Gasteiger partial charge in [0.15, 0.2) is 0 Å². The second kappa shape index (κ2) is 2.23. The Kier molecular flexibility index (Phi) is 1.35. The van der Waals surface area contributed by atoms with Crippen LogP contribution in [0.3, 0.4) is 0 Å². The summed E-state index contributed by atoms with van der Waals surface area (Å²) in [5, 5.41) is 2.01. The molecule has 0 amide bonds. The molecule has 60 valence electrons. The van der Waals surface area contributed by atoms with Gasteiger partial charge in [-0.2, -0.15) is 0 Å². The molecule has 4 heteroatoms. The highest BCUT2D eigenvalue weighted by Crippen LogP contribution is 2.14. The molecule has 0 spiro atoms. The Bertz CT molecular complexity index is 231. The topological polar surface area (TPSA) is 53.6 Å². The predicted octanol–water partition coefficient (Wildman–Crippen LogP) is -0.345. The van der Waals surface area contributed by atoms with Crippen molar-refractivity contribution in [1.82, 2.24) is 10.4 Å². The SMILES string of the molecule is CC1CNN2CC(N)=CN=C12. The normalized spacial score (nSPS) is 29.5. The van der Waals surface area contributed by atoms with Crippen LogP contribution in [0.25, 0.3) is 0 Å². The first-order valence-electron chi connectivity index (χ1n) is 3.80.